The zero-order chi connectivity index (χ0) is 16.7. The molecule has 0 bridgehead atoms. The van der Waals surface area contributed by atoms with Crippen LogP contribution >= 0.6 is 0 Å². The molecular formula is C20H22N2O2. The summed E-state index contributed by atoms with van der Waals surface area (Å²) in [4.78, 5) is 19.0. The van der Waals surface area contributed by atoms with Crippen molar-refractivity contribution in [3.05, 3.63) is 59.4 Å². The van der Waals surface area contributed by atoms with Gasteiger partial charge in [0.2, 0.25) is 0 Å². The maximum Gasteiger partial charge on any atom is 0.276 e. The van der Waals surface area contributed by atoms with Crippen molar-refractivity contribution in [2.24, 2.45) is 0 Å². The van der Waals surface area contributed by atoms with Gasteiger partial charge in [-0.3, -0.25) is 4.79 Å². The predicted molar refractivity (Wildman–Crippen MR) is 92.0 cm³/mol. The molecule has 0 radical (unpaired) electrons. The van der Waals surface area contributed by atoms with Crippen molar-refractivity contribution >= 4 is 5.91 Å². The Morgan fingerprint density at radius 2 is 1.88 bits per heavy atom. The lowest BCUT2D eigenvalue weighted by atomic mass is 9.73. The Labute approximate surface area is 142 Å². The minimum atomic E-state index is -0.121. The van der Waals surface area contributed by atoms with Crippen LogP contribution in [0.4, 0.5) is 0 Å². The van der Waals surface area contributed by atoms with E-state index in [2.05, 4.69) is 36.2 Å². The van der Waals surface area contributed by atoms with Gasteiger partial charge in [-0.15, -0.1) is 0 Å². The maximum atomic E-state index is 12.9. The Kier molecular flexibility index (Phi) is 3.75. The molecular weight excluding hydrogens is 300 g/mol. The fourth-order valence-electron chi connectivity index (χ4n) is 3.78. The third-order valence-corrected chi connectivity index (χ3v) is 5.30. The molecule has 24 heavy (non-hydrogen) atoms. The summed E-state index contributed by atoms with van der Waals surface area (Å²) >= 11 is 0. The van der Waals surface area contributed by atoms with Gasteiger partial charge in [0.1, 0.15) is 5.75 Å². The monoisotopic (exact) mass is 322 g/mol. The number of rotatable bonds is 4. The minimum absolute atomic E-state index is 0.0251. The number of hydrogen-bond donors (Lipinski definition) is 1. The standard InChI is InChI=1S/C20H22N2O2/c1-13-5-2-3-6-17(13)14-11-16(12-14)22(15-8-9-15)20(24)19-18(23)7-4-10-21-19/h2-7,10,14-16,23H,8-9,11-12H2,1H3. The van der Waals surface area contributed by atoms with Gasteiger partial charge in [-0.2, -0.15) is 0 Å². The molecule has 2 aliphatic carbocycles. The number of nitrogens with zero attached hydrogens (tertiary/aromatic N) is 2. The largest absolute Gasteiger partial charge is 0.505 e. The van der Waals surface area contributed by atoms with E-state index in [1.807, 2.05) is 4.90 Å². The van der Waals surface area contributed by atoms with Crippen LogP contribution in [0.2, 0.25) is 0 Å². The molecule has 0 atom stereocenters. The second-order valence-electron chi connectivity index (χ2n) is 6.99. The SMILES string of the molecule is Cc1ccccc1C1CC(N(C(=O)c2ncccc2O)C2CC2)C1. The van der Waals surface area contributed by atoms with Crippen molar-refractivity contribution in [3.8, 4) is 5.75 Å². The van der Waals surface area contributed by atoms with Crippen molar-refractivity contribution in [1.29, 1.82) is 0 Å². The summed E-state index contributed by atoms with van der Waals surface area (Å²) in [5.74, 6) is 0.384. The minimum Gasteiger partial charge on any atom is -0.505 e. The molecule has 4 rings (SSSR count). The average Bonchev–Trinajstić information content (AvgIpc) is 3.36. The van der Waals surface area contributed by atoms with E-state index in [1.165, 1.54) is 17.2 Å². The smallest absolute Gasteiger partial charge is 0.276 e. The Morgan fingerprint density at radius 1 is 1.12 bits per heavy atom. The first-order valence-electron chi connectivity index (χ1n) is 8.67. The van der Waals surface area contributed by atoms with Crippen LogP contribution < -0.4 is 0 Å². The number of aromatic nitrogens is 1. The number of carbonyl (C=O) groups is 1. The molecule has 0 aliphatic heterocycles. The number of aryl methyl sites for hydroxylation is 1. The number of pyridine rings is 1. The highest BCUT2D eigenvalue weighted by molar-refractivity contribution is 5.95. The molecule has 2 aromatic rings. The zero-order valence-corrected chi connectivity index (χ0v) is 13.9. The molecule has 2 aliphatic rings. The first kappa shape index (κ1) is 15.2. The molecule has 0 saturated heterocycles. The zero-order valence-electron chi connectivity index (χ0n) is 13.9. The predicted octanol–water partition coefficient (Wildman–Crippen LogP) is 3.65. The molecule has 2 fully saturated rings. The molecule has 1 heterocycles. The lowest BCUT2D eigenvalue weighted by molar-refractivity contribution is 0.0507. The van der Waals surface area contributed by atoms with E-state index in [-0.39, 0.29) is 23.4 Å². The van der Waals surface area contributed by atoms with E-state index in [9.17, 15) is 9.90 Å². The highest BCUT2D eigenvalue weighted by Crippen LogP contribution is 2.45. The molecule has 2 saturated carbocycles. The Morgan fingerprint density at radius 3 is 2.54 bits per heavy atom. The molecule has 1 aromatic heterocycles. The van der Waals surface area contributed by atoms with Crippen LogP contribution in [-0.4, -0.2) is 33.0 Å². The summed E-state index contributed by atoms with van der Waals surface area (Å²) in [6.45, 7) is 2.15. The van der Waals surface area contributed by atoms with E-state index < -0.39 is 0 Å². The third kappa shape index (κ3) is 2.66. The van der Waals surface area contributed by atoms with Gasteiger partial charge in [0.25, 0.3) is 5.91 Å². The number of hydrogen-bond acceptors (Lipinski definition) is 3. The van der Waals surface area contributed by atoms with Crippen molar-refractivity contribution in [1.82, 2.24) is 9.88 Å². The second-order valence-corrected chi connectivity index (χ2v) is 6.99. The van der Waals surface area contributed by atoms with Gasteiger partial charge in [-0.05, 0) is 61.8 Å². The van der Waals surface area contributed by atoms with E-state index in [0.717, 1.165) is 25.7 Å². The van der Waals surface area contributed by atoms with Crippen LogP contribution in [0, 0.1) is 6.92 Å². The first-order valence-corrected chi connectivity index (χ1v) is 8.67. The summed E-state index contributed by atoms with van der Waals surface area (Å²) in [6.07, 6.45) is 5.69. The fraction of sp³-hybridized carbons (Fsp3) is 0.400. The third-order valence-electron chi connectivity index (χ3n) is 5.30. The van der Waals surface area contributed by atoms with Gasteiger partial charge in [-0.1, -0.05) is 24.3 Å². The normalized spacial score (nSPS) is 22.7. The van der Waals surface area contributed by atoms with Crippen LogP contribution in [-0.2, 0) is 0 Å². The summed E-state index contributed by atoms with van der Waals surface area (Å²) in [6, 6.07) is 12.3. The van der Waals surface area contributed by atoms with Gasteiger partial charge in [0.15, 0.2) is 5.69 Å². The van der Waals surface area contributed by atoms with Crippen LogP contribution in [0.1, 0.15) is 53.2 Å². The van der Waals surface area contributed by atoms with Gasteiger partial charge >= 0.3 is 0 Å². The molecule has 4 nitrogen and oxygen atoms in total. The van der Waals surface area contributed by atoms with Gasteiger partial charge in [-0.25, -0.2) is 4.98 Å². The maximum absolute atomic E-state index is 12.9. The van der Waals surface area contributed by atoms with Crippen LogP contribution in [0.15, 0.2) is 42.6 Å². The summed E-state index contributed by atoms with van der Waals surface area (Å²) < 4.78 is 0. The van der Waals surface area contributed by atoms with E-state index in [0.29, 0.717) is 12.0 Å². The highest BCUT2D eigenvalue weighted by atomic mass is 16.3. The molecule has 1 aromatic carbocycles. The van der Waals surface area contributed by atoms with Crippen LogP contribution in [0.5, 0.6) is 5.75 Å². The van der Waals surface area contributed by atoms with E-state index in [4.69, 9.17) is 0 Å². The molecule has 124 valence electrons. The quantitative estimate of drug-likeness (QED) is 0.935. The van der Waals surface area contributed by atoms with Crippen molar-refractivity contribution in [2.45, 2.75) is 50.6 Å². The summed E-state index contributed by atoms with van der Waals surface area (Å²) in [5, 5.41) is 9.96. The van der Waals surface area contributed by atoms with Gasteiger partial charge in [0, 0.05) is 18.3 Å². The average molecular weight is 322 g/mol. The van der Waals surface area contributed by atoms with Crippen molar-refractivity contribution in [3.63, 3.8) is 0 Å². The molecule has 0 spiro atoms. The molecule has 1 amide bonds. The Balaban J connectivity index is 1.51. The van der Waals surface area contributed by atoms with E-state index >= 15 is 0 Å². The number of aromatic hydroxyl groups is 1. The number of amides is 1. The first-order chi connectivity index (χ1) is 11.6. The van der Waals surface area contributed by atoms with Gasteiger partial charge in [0.05, 0.1) is 0 Å². The van der Waals surface area contributed by atoms with E-state index in [1.54, 1.807) is 12.3 Å². The topological polar surface area (TPSA) is 53.4 Å². The lowest BCUT2D eigenvalue weighted by Gasteiger charge is -2.44. The van der Waals surface area contributed by atoms with Crippen LogP contribution in [0.25, 0.3) is 0 Å². The Hall–Kier alpha value is -2.36. The summed E-state index contributed by atoms with van der Waals surface area (Å²) in [7, 11) is 0. The number of carbonyl (C=O) groups excluding carboxylic acids is 1. The molecule has 4 heteroatoms. The van der Waals surface area contributed by atoms with Crippen molar-refractivity contribution < 1.29 is 9.90 Å². The second kappa shape index (κ2) is 5.93. The van der Waals surface area contributed by atoms with Crippen LogP contribution in [0.3, 0.4) is 0 Å². The van der Waals surface area contributed by atoms with Crippen molar-refractivity contribution in [2.75, 3.05) is 0 Å². The Bertz CT molecular complexity index is 764. The molecule has 0 unspecified atom stereocenters. The highest BCUT2D eigenvalue weighted by Gasteiger charge is 2.44. The summed E-state index contributed by atoms with van der Waals surface area (Å²) in [5.41, 5.74) is 2.91. The molecule has 1 N–H and O–H groups in total. The fourth-order valence-corrected chi connectivity index (χ4v) is 3.78. The number of benzene rings is 1. The lowest BCUT2D eigenvalue weighted by Crippen LogP contribution is -2.48. The van der Waals surface area contributed by atoms with Gasteiger partial charge < -0.3 is 10.0 Å².